The van der Waals surface area contributed by atoms with Gasteiger partial charge < -0.3 is 13.7 Å². The summed E-state index contributed by atoms with van der Waals surface area (Å²) in [6.45, 7) is 0. The van der Waals surface area contributed by atoms with Gasteiger partial charge in [0.15, 0.2) is 0 Å². The molecule has 15 aromatic rings. The standard InChI is InChI=1S/C64H40N6/c1-3-15-45(16-4-1)67-56-23-11-7-19-48(56)52-35-41(27-31-60(52)67)43-29-33-62-54(37-43)50-21-9-13-25-58(50)69(62)47-39-65-64(66-40-47)70-59-26-14-10-22-51(59)55-38-44(30-34-63(55)70)42-28-32-61-53(36-42)49-20-8-12-24-57(49)68(61)46-17-5-2-6-18-46/h1-40H. The number of nitrogens with zero attached hydrogens (tertiary/aromatic N) is 6. The number of hydrogen-bond donors (Lipinski definition) is 0. The number of aromatic nitrogens is 6. The Bertz CT molecular complexity index is 4280. The maximum absolute atomic E-state index is 5.13. The summed E-state index contributed by atoms with van der Waals surface area (Å²) >= 11 is 0. The minimum absolute atomic E-state index is 0.630. The number of rotatable bonds is 6. The molecule has 0 amide bonds. The molecular weight excluding hydrogens is 853 g/mol. The molecule has 15 rings (SSSR count). The summed E-state index contributed by atoms with van der Waals surface area (Å²) in [7, 11) is 0. The minimum atomic E-state index is 0.630. The van der Waals surface area contributed by atoms with Crippen molar-refractivity contribution in [2.24, 2.45) is 0 Å². The molecule has 6 nitrogen and oxygen atoms in total. The van der Waals surface area contributed by atoms with Gasteiger partial charge in [-0.3, -0.25) is 4.57 Å². The van der Waals surface area contributed by atoms with Crippen molar-refractivity contribution >= 4 is 87.2 Å². The van der Waals surface area contributed by atoms with Gasteiger partial charge >= 0.3 is 0 Å². The van der Waals surface area contributed by atoms with Crippen LogP contribution in [0.1, 0.15) is 0 Å². The van der Waals surface area contributed by atoms with Crippen LogP contribution in [0.3, 0.4) is 0 Å². The van der Waals surface area contributed by atoms with Crippen LogP contribution in [0.4, 0.5) is 0 Å². The van der Waals surface area contributed by atoms with E-state index in [0.29, 0.717) is 5.95 Å². The van der Waals surface area contributed by atoms with E-state index in [2.05, 4.69) is 249 Å². The highest BCUT2D eigenvalue weighted by Crippen LogP contribution is 2.41. The van der Waals surface area contributed by atoms with Gasteiger partial charge in [0.25, 0.3) is 0 Å². The Kier molecular flexibility index (Phi) is 8.26. The lowest BCUT2D eigenvalue weighted by atomic mass is 10.0. The molecule has 5 aromatic heterocycles. The first kappa shape index (κ1) is 38.6. The fraction of sp³-hybridized carbons (Fsp3) is 0. The van der Waals surface area contributed by atoms with Crippen LogP contribution in [0, 0.1) is 0 Å². The molecule has 0 aliphatic heterocycles. The average Bonchev–Trinajstić information content (AvgIpc) is 4.16. The van der Waals surface area contributed by atoms with E-state index >= 15 is 0 Å². The van der Waals surface area contributed by atoms with Crippen molar-refractivity contribution in [1.82, 2.24) is 28.2 Å². The lowest BCUT2D eigenvalue weighted by Gasteiger charge is -2.10. The van der Waals surface area contributed by atoms with Crippen LogP contribution in [0.5, 0.6) is 0 Å². The summed E-state index contributed by atoms with van der Waals surface area (Å²) in [5.41, 5.74) is 17.1. The van der Waals surface area contributed by atoms with E-state index in [1.165, 1.54) is 71.1 Å². The van der Waals surface area contributed by atoms with Crippen LogP contribution in [-0.2, 0) is 0 Å². The summed E-state index contributed by atoms with van der Waals surface area (Å²) < 4.78 is 9.22. The predicted molar refractivity (Wildman–Crippen MR) is 290 cm³/mol. The summed E-state index contributed by atoms with van der Waals surface area (Å²) in [5, 5.41) is 9.64. The van der Waals surface area contributed by atoms with Gasteiger partial charge in [0.2, 0.25) is 5.95 Å². The Labute approximate surface area is 401 Å². The molecule has 326 valence electrons. The molecule has 0 bridgehead atoms. The van der Waals surface area contributed by atoms with E-state index in [9.17, 15) is 0 Å². The van der Waals surface area contributed by atoms with E-state index in [-0.39, 0.29) is 0 Å². The van der Waals surface area contributed by atoms with Crippen molar-refractivity contribution < 1.29 is 0 Å². The van der Waals surface area contributed by atoms with Crippen LogP contribution < -0.4 is 0 Å². The molecule has 0 aliphatic carbocycles. The summed E-state index contributed by atoms with van der Waals surface area (Å²) in [6, 6.07) is 83.3. The topological polar surface area (TPSA) is 45.5 Å². The van der Waals surface area contributed by atoms with Crippen LogP contribution in [0.15, 0.2) is 243 Å². The van der Waals surface area contributed by atoms with E-state index in [0.717, 1.165) is 55.5 Å². The third kappa shape index (κ3) is 5.68. The fourth-order valence-electron chi connectivity index (χ4n) is 11.4. The van der Waals surface area contributed by atoms with E-state index < -0.39 is 0 Å². The molecule has 0 N–H and O–H groups in total. The summed E-state index contributed by atoms with van der Waals surface area (Å²) in [6.07, 6.45) is 3.93. The third-order valence-electron chi connectivity index (χ3n) is 14.5. The first-order valence-corrected chi connectivity index (χ1v) is 23.8. The highest BCUT2D eigenvalue weighted by atomic mass is 15.2. The van der Waals surface area contributed by atoms with Gasteiger partial charge in [-0.05, 0) is 119 Å². The molecule has 0 spiro atoms. The van der Waals surface area contributed by atoms with Gasteiger partial charge in [0.1, 0.15) is 0 Å². The molecule has 0 aliphatic rings. The molecule has 0 atom stereocenters. The molecule has 6 heteroatoms. The Morgan fingerprint density at radius 1 is 0.214 bits per heavy atom. The molecule has 0 unspecified atom stereocenters. The number of para-hydroxylation sites is 6. The van der Waals surface area contributed by atoms with Crippen molar-refractivity contribution in [2.75, 3.05) is 0 Å². The Hall–Kier alpha value is -9.52. The molecular formula is C64H40N6. The van der Waals surface area contributed by atoms with Crippen LogP contribution >= 0.6 is 0 Å². The second-order valence-corrected chi connectivity index (χ2v) is 18.3. The van der Waals surface area contributed by atoms with Gasteiger partial charge in [-0.1, -0.05) is 133 Å². The van der Waals surface area contributed by atoms with Crippen LogP contribution in [0.2, 0.25) is 0 Å². The highest BCUT2D eigenvalue weighted by molar-refractivity contribution is 6.14. The highest BCUT2D eigenvalue weighted by Gasteiger charge is 2.20. The zero-order valence-corrected chi connectivity index (χ0v) is 37.8. The molecule has 0 saturated heterocycles. The van der Waals surface area contributed by atoms with E-state index in [4.69, 9.17) is 9.97 Å². The average molecular weight is 893 g/mol. The van der Waals surface area contributed by atoms with Gasteiger partial charge in [-0.25, -0.2) is 9.97 Å². The van der Waals surface area contributed by atoms with Crippen LogP contribution in [-0.4, -0.2) is 28.2 Å². The monoisotopic (exact) mass is 892 g/mol. The fourth-order valence-corrected chi connectivity index (χ4v) is 11.4. The molecule has 0 fully saturated rings. The lowest BCUT2D eigenvalue weighted by Crippen LogP contribution is -2.03. The third-order valence-corrected chi connectivity index (χ3v) is 14.5. The zero-order valence-electron chi connectivity index (χ0n) is 37.8. The van der Waals surface area contributed by atoms with Crippen molar-refractivity contribution in [3.63, 3.8) is 0 Å². The largest absolute Gasteiger partial charge is 0.309 e. The van der Waals surface area contributed by atoms with Crippen molar-refractivity contribution in [3.8, 4) is 45.3 Å². The maximum atomic E-state index is 5.13. The minimum Gasteiger partial charge on any atom is -0.309 e. The normalized spacial score (nSPS) is 12.0. The number of hydrogen-bond acceptors (Lipinski definition) is 2. The second kappa shape index (κ2) is 15.0. The SMILES string of the molecule is c1ccc(-n2c3ccccc3c3cc(-c4ccc5c(c4)c4ccccc4n5-c4cnc(-n5c6ccccc6c6cc(-c7ccc8c(c7)c7ccccc7n8-c7ccccc7)ccc65)nc4)ccc32)cc1. The summed E-state index contributed by atoms with van der Waals surface area (Å²) in [5.74, 6) is 0.630. The molecule has 10 aromatic carbocycles. The van der Waals surface area contributed by atoms with Gasteiger partial charge in [-0.15, -0.1) is 0 Å². The zero-order chi connectivity index (χ0) is 45.9. The van der Waals surface area contributed by atoms with Gasteiger partial charge in [-0.2, -0.15) is 0 Å². The summed E-state index contributed by atoms with van der Waals surface area (Å²) in [4.78, 5) is 10.3. The van der Waals surface area contributed by atoms with E-state index in [1.807, 2.05) is 12.4 Å². The van der Waals surface area contributed by atoms with Crippen molar-refractivity contribution in [1.29, 1.82) is 0 Å². The van der Waals surface area contributed by atoms with Crippen molar-refractivity contribution in [3.05, 3.63) is 243 Å². The molecule has 5 heterocycles. The lowest BCUT2D eigenvalue weighted by molar-refractivity contribution is 0.968. The Balaban J connectivity index is 0.813. The van der Waals surface area contributed by atoms with Gasteiger partial charge in [0.05, 0.1) is 62.2 Å². The Morgan fingerprint density at radius 2 is 0.486 bits per heavy atom. The van der Waals surface area contributed by atoms with Crippen molar-refractivity contribution in [2.45, 2.75) is 0 Å². The smallest absolute Gasteiger partial charge is 0.234 e. The second-order valence-electron chi connectivity index (χ2n) is 18.3. The Morgan fingerprint density at radius 3 is 0.843 bits per heavy atom. The molecule has 0 radical (unpaired) electrons. The first-order valence-electron chi connectivity index (χ1n) is 23.8. The number of benzene rings is 10. The predicted octanol–water partition coefficient (Wildman–Crippen LogP) is 16.2. The maximum Gasteiger partial charge on any atom is 0.234 e. The molecule has 0 saturated carbocycles. The van der Waals surface area contributed by atoms with Crippen LogP contribution in [0.25, 0.3) is 132 Å². The van der Waals surface area contributed by atoms with Gasteiger partial charge in [0, 0.05) is 54.5 Å². The first-order chi connectivity index (χ1) is 34.7. The number of fused-ring (bicyclic) bond motifs is 12. The molecule has 70 heavy (non-hydrogen) atoms. The van der Waals surface area contributed by atoms with E-state index in [1.54, 1.807) is 0 Å². The quantitative estimate of drug-likeness (QED) is 0.167.